The quantitative estimate of drug-likeness (QED) is 0.268. The third kappa shape index (κ3) is 3.09. The number of pyridine rings is 1. The van der Waals surface area contributed by atoms with E-state index in [0.717, 1.165) is 30.2 Å². The van der Waals surface area contributed by atoms with E-state index < -0.39 is 5.41 Å². The number of carbonyl (C=O) groups excluding carboxylic acids is 1. The topological polar surface area (TPSA) is 30.0 Å². The van der Waals surface area contributed by atoms with Crippen LogP contribution in [0.25, 0.3) is 32.4 Å². The Morgan fingerprint density at radius 2 is 1.68 bits per heavy atom. The van der Waals surface area contributed by atoms with Crippen molar-refractivity contribution in [2.24, 2.45) is 5.92 Å². The number of Topliss-reactive ketones (excluding diaryl/α,β-unsaturated/α-hetero) is 1. The normalized spacial score (nSPS) is 18.9. The second-order valence-corrected chi connectivity index (χ2v) is 9.88. The van der Waals surface area contributed by atoms with Gasteiger partial charge in [0, 0.05) is 18.0 Å². The van der Waals surface area contributed by atoms with E-state index in [0.29, 0.717) is 12.2 Å². The van der Waals surface area contributed by atoms with Crippen molar-refractivity contribution in [3.63, 3.8) is 0 Å². The number of hydrogen-bond donors (Lipinski definition) is 0. The lowest BCUT2D eigenvalue weighted by Gasteiger charge is -2.43. The minimum atomic E-state index is -0.502. The molecule has 1 aromatic heterocycles. The SMILES string of the molecule is CCC(C)C1(Cc2ccc3ncccc3c2)C(=O)CCc2c1ccc1c2ccc2ccccc21. The van der Waals surface area contributed by atoms with Gasteiger partial charge in [-0.25, -0.2) is 0 Å². The Kier molecular flexibility index (Phi) is 4.99. The molecule has 5 aromatic rings. The van der Waals surface area contributed by atoms with Crippen molar-refractivity contribution < 1.29 is 4.79 Å². The summed E-state index contributed by atoms with van der Waals surface area (Å²) in [6.45, 7) is 4.48. The molecule has 0 radical (unpaired) electrons. The fourth-order valence-electron chi connectivity index (χ4n) is 6.26. The lowest BCUT2D eigenvalue weighted by molar-refractivity contribution is -0.127. The maximum atomic E-state index is 13.9. The first-order chi connectivity index (χ1) is 16.6. The molecule has 1 heterocycles. The Bertz CT molecular complexity index is 1570. The highest BCUT2D eigenvalue weighted by Gasteiger charge is 2.47. The van der Waals surface area contributed by atoms with Crippen molar-refractivity contribution in [2.75, 3.05) is 0 Å². The Morgan fingerprint density at radius 1 is 0.853 bits per heavy atom. The van der Waals surface area contributed by atoms with Crippen LogP contribution in [0.5, 0.6) is 0 Å². The number of hydrogen-bond acceptors (Lipinski definition) is 2. The van der Waals surface area contributed by atoms with Gasteiger partial charge in [0.15, 0.2) is 0 Å². The van der Waals surface area contributed by atoms with Gasteiger partial charge < -0.3 is 0 Å². The van der Waals surface area contributed by atoms with Gasteiger partial charge in [-0.15, -0.1) is 0 Å². The van der Waals surface area contributed by atoms with E-state index in [4.69, 9.17) is 0 Å². The molecule has 0 amide bonds. The molecule has 0 N–H and O–H groups in total. The molecule has 0 saturated heterocycles. The lowest BCUT2D eigenvalue weighted by atomic mass is 9.59. The average Bonchev–Trinajstić information content (AvgIpc) is 2.89. The molecule has 2 unspecified atom stereocenters. The van der Waals surface area contributed by atoms with E-state index >= 15 is 0 Å². The van der Waals surface area contributed by atoms with Crippen LogP contribution in [-0.4, -0.2) is 10.8 Å². The number of ketones is 1. The molecule has 34 heavy (non-hydrogen) atoms. The van der Waals surface area contributed by atoms with Gasteiger partial charge in [0.05, 0.1) is 10.9 Å². The second-order valence-electron chi connectivity index (χ2n) is 9.88. The fraction of sp³-hybridized carbons (Fsp3) is 0.250. The zero-order chi connectivity index (χ0) is 23.3. The van der Waals surface area contributed by atoms with Crippen LogP contribution in [0.4, 0.5) is 0 Å². The van der Waals surface area contributed by atoms with Crippen LogP contribution in [0, 0.1) is 5.92 Å². The molecule has 0 aliphatic heterocycles. The average molecular weight is 444 g/mol. The maximum Gasteiger partial charge on any atom is 0.144 e. The summed E-state index contributed by atoms with van der Waals surface area (Å²) >= 11 is 0. The molecule has 0 fully saturated rings. The van der Waals surface area contributed by atoms with Gasteiger partial charge in [0.1, 0.15) is 5.78 Å². The Hall–Kier alpha value is -3.52. The van der Waals surface area contributed by atoms with Gasteiger partial charge >= 0.3 is 0 Å². The molecule has 2 nitrogen and oxygen atoms in total. The molecule has 0 spiro atoms. The first-order valence-corrected chi connectivity index (χ1v) is 12.4. The minimum absolute atomic E-state index is 0.251. The number of nitrogens with zero attached hydrogens (tertiary/aromatic N) is 1. The number of carbonyl (C=O) groups is 1. The van der Waals surface area contributed by atoms with Gasteiger partial charge in [0.25, 0.3) is 0 Å². The predicted molar refractivity (Wildman–Crippen MR) is 141 cm³/mol. The Balaban J connectivity index is 1.58. The number of aryl methyl sites for hydroxylation is 1. The smallest absolute Gasteiger partial charge is 0.144 e. The molecule has 168 valence electrons. The standard InChI is InChI=1S/C32H29NO/c1-3-21(2)32(20-22-10-16-30-24(19-22)8-6-18-33-30)29-15-13-26-25-9-5-4-7-23(25)11-12-27(26)28(29)14-17-31(32)34/h4-13,15-16,18-19,21H,3,14,17,20H2,1-2H3. The van der Waals surface area contributed by atoms with Crippen molar-refractivity contribution >= 4 is 38.2 Å². The van der Waals surface area contributed by atoms with Crippen LogP contribution in [-0.2, 0) is 23.1 Å². The highest BCUT2D eigenvalue weighted by atomic mass is 16.1. The number of rotatable bonds is 4. The highest BCUT2D eigenvalue weighted by Crippen LogP contribution is 2.47. The van der Waals surface area contributed by atoms with Gasteiger partial charge in [0.2, 0.25) is 0 Å². The van der Waals surface area contributed by atoms with Gasteiger partial charge in [-0.3, -0.25) is 9.78 Å². The number of aromatic nitrogens is 1. The zero-order valence-electron chi connectivity index (χ0n) is 19.8. The molecule has 0 saturated carbocycles. The maximum absolute atomic E-state index is 13.9. The summed E-state index contributed by atoms with van der Waals surface area (Å²) in [4.78, 5) is 18.4. The summed E-state index contributed by atoms with van der Waals surface area (Å²) in [6, 6.07) is 28.2. The highest BCUT2D eigenvalue weighted by molar-refractivity contribution is 6.10. The first kappa shape index (κ1) is 21.0. The van der Waals surface area contributed by atoms with Crippen LogP contribution in [0.15, 0.2) is 85.1 Å². The lowest BCUT2D eigenvalue weighted by Crippen LogP contribution is -2.47. The summed E-state index contributed by atoms with van der Waals surface area (Å²) in [5.74, 6) is 0.641. The Labute approximate surface area is 200 Å². The van der Waals surface area contributed by atoms with Crippen molar-refractivity contribution in [2.45, 2.75) is 44.9 Å². The molecule has 1 aliphatic carbocycles. The van der Waals surface area contributed by atoms with Crippen LogP contribution in [0.1, 0.15) is 43.4 Å². The van der Waals surface area contributed by atoms with E-state index in [9.17, 15) is 4.79 Å². The van der Waals surface area contributed by atoms with Gasteiger partial charge in [-0.2, -0.15) is 0 Å². The monoisotopic (exact) mass is 443 g/mol. The van der Waals surface area contributed by atoms with Gasteiger partial charge in [-0.05, 0) is 75.2 Å². The van der Waals surface area contributed by atoms with E-state index in [2.05, 4.69) is 91.6 Å². The second kappa shape index (κ2) is 8.06. The van der Waals surface area contributed by atoms with E-state index in [1.165, 1.54) is 38.2 Å². The fourth-order valence-corrected chi connectivity index (χ4v) is 6.26. The van der Waals surface area contributed by atoms with E-state index in [-0.39, 0.29) is 5.92 Å². The molecule has 0 bridgehead atoms. The first-order valence-electron chi connectivity index (χ1n) is 12.4. The van der Waals surface area contributed by atoms with Crippen LogP contribution >= 0.6 is 0 Å². The summed E-state index contributed by atoms with van der Waals surface area (Å²) in [5.41, 5.74) is 4.31. The summed E-state index contributed by atoms with van der Waals surface area (Å²) in [5, 5.41) is 6.28. The summed E-state index contributed by atoms with van der Waals surface area (Å²) in [6.07, 6.45) is 4.97. The van der Waals surface area contributed by atoms with Gasteiger partial charge in [-0.1, -0.05) is 80.9 Å². The number of benzene rings is 4. The summed E-state index contributed by atoms with van der Waals surface area (Å²) < 4.78 is 0. The molecule has 4 aromatic carbocycles. The number of fused-ring (bicyclic) bond motifs is 6. The molecular weight excluding hydrogens is 414 g/mol. The van der Waals surface area contributed by atoms with E-state index in [1.54, 1.807) is 0 Å². The molecular formula is C32H29NO. The van der Waals surface area contributed by atoms with Crippen molar-refractivity contribution in [1.29, 1.82) is 0 Å². The van der Waals surface area contributed by atoms with E-state index in [1.807, 2.05) is 12.3 Å². The third-order valence-corrected chi connectivity index (χ3v) is 8.22. The molecule has 6 rings (SSSR count). The van der Waals surface area contributed by atoms with Crippen LogP contribution < -0.4 is 0 Å². The summed E-state index contributed by atoms with van der Waals surface area (Å²) in [7, 11) is 0. The van der Waals surface area contributed by atoms with Crippen LogP contribution in [0.3, 0.4) is 0 Å². The largest absolute Gasteiger partial charge is 0.299 e. The third-order valence-electron chi connectivity index (χ3n) is 8.22. The minimum Gasteiger partial charge on any atom is -0.299 e. The molecule has 1 aliphatic rings. The predicted octanol–water partition coefficient (Wildman–Crippen LogP) is 7.58. The van der Waals surface area contributed by atoms with Crippen molar-refractivity contribution in [3.8, 4) is 0 Å². The van der Waals surface area contributed by atoms with Crippen LogP contribution in [0.2, 0.25) is 0 Å². The molecule has 2 atom stereocenters. The van der Waals surface area contributed by atoms with Crippen molar-refractivity contribution in [3.05, 3.63) is 102 Å². The molecule has 2 heteroatoms. The zero-order valence-corrected chi connectivity index (χ0v) is 19.8. The Morgan fingerprint density at radius 3 is 2.56 bits per heavy atom. The van der Waals surface area contributed by atoms with Crippen molar-refractivity contribution in [1.82, 2.24) is 4.98 Å².